The second-order valence-electron chi connectivity index (χ2n) is 4.93. The van der Waals surface area contributed by atoms with Crippen LogP contribution < -0.4 is 14.8 Å². The third kappa shape index (κ3) is 6.12. The van der Waals surface area contributed by atoms with Gasteiger partial charge in [-0.05, 0) is 55.0 Å². The molecule has 0 saturated heterocycles. The van der Waals surface area contributed by atoms with Gasteiger partial charge >= 0.3 is 0 Å². The number of nitrogens with one attached hydrogen (secondary N) is 1. The van der Waals surface area contributed by atoms with Gasteiger partial charge in [-0.15, -0.1) is 0 Å². The molecule has 0 aromatic heterocycles. The van der Waals surface area contributed by atoms with Crippen LogP contribution in [0.15, 0.2) is 54.6 Å². The largest absolute Gasteiger partial charge is 0.494 e. The van der Waals surface area contributed by atoms with Gasteiger partial charge < -0.3 is 14.8 Å². The summed E-state index contributed by atoms with van der Waals surface area (Å²) in [6.07, 6.45) is 2.93. The molecule has 126 valence electrons. The molecule has 2 aromatic rings. The van der Waals surface area contributed by atoms with E-state index in [1.807, 2.05) is 31.2 Å². The number of rotatable bonds is 8. The molecule has 0 heterocycles. The van der Waals surface area contributed by atoms with Crippen molar-refractivity contribution < 1.29 is 18.7 Å². The Bertz CT molecular complexity index is 683. The highest BCUT2D eigenvalue weighted by Crippen LogP contribution is 2.17. The van der Waals surface area contributed by atoms with E-state index in [9.17, 15) is 9.18 Å². The molecule has 5 heteroatoms. The van der Waals surface area contributed by atoms with Crippen LogP contribution in [0.5, 0.6) is 11.5 Å². The maximum atomic E-state index is 13.0. The Hall–Kier alpha value is -2.82. The molecule has 0 saturated carbocycles. The van der Waals surface area contributed by atoms with Crippen molar-refractivity contribution >= 4 is 12.0 Å². The summed E-state index contributed by atoms with van der Waals surface area (Å²) in [7, 11) is 0. The Morgan fingerprint density at radius 3 is 2.50 bits per heavy atom. The average Bonchev–Trinajstić information content (AvgIpc) is 2.59. The van der Waals surface area contributed by atoms with E-state index in [4.69, 9.17) is 9.47 Å². The average molecular weight is 329 g/mol. The minimum absolute atomic E-state index is 0.255. The highest BCUT2D eigenvalue weighted by Gasteiger charge is 1.98. The van der Waals surface area contributed by atoms with Gasteiger partial charge in [-0.3, -0.25) is 4.79 Å². The first-order valence-electron chi connectivity index (χ1n) is 7.74. The van der Waals surface area contributed by atoms with Gasteiger partial charge in [-0.2, -0.15) is 0 Å². The summed E-state index contributed by atoms with van der Waals surface area (Å²) in [5.41, 5.74) is 0.635. The van der Waals surface area contributed by atoms with E-state index in [-0.39, 0.29) is 11.7 Å². The Morgan fingerprint density at radius 2 is 1.83 bits per heavy atom. The molecule has 0 aliphatic rings. The quantitative estimate of drug-likeness (QED) is 0.596. The fourth-order valence-corrected chi connectivity index (χ4v) is 1.98. The number of hydrogen-bond donors (Lipinski definition) is 1. The van der Waals surface area contributed by atoms with Crippen molar-refractivity contribution in [3.8, 4) is 11.5 Å². The Morgan fingerprint density at radius 1 is 1.12 bits per heavy atom. The third-order valence-corrected chi connectivity index (χ3v) is 3.08. The van der Waals surface area contributed by atoms with Crippen molar-refractivity contribution in [2.75, 3.05) is 19.8 Å². The maximum absolute atomic E-state index is 13.0. The van der Waals surface area contributed by atoms with Crippen molar-refractivity contribution in [3.05, 3.63) is 66.0 Å². The van der Waals surface area contributed by atoms with E-state index in [1.54, 1.807) is 18.2 Å². The van der Waals surface area contributed by atoms with Crippen molar-refractivity contribution in [1.82, 2.24) is 5.32 Å². The predicted molar refractivity (Wildman–Crippen MR) is 91.5 cm³/mol. The summed E-state index contributed by atoms with van der Waals surface area (Å²) < 4.78 is 23.9. The second-order valence-corrected chi connectivity index (χ2v) is 4.93. The monoisotopic (exact) mass is 329 g/mol. The number of carbonyl (C=O) groups is 1. The number of carbonyl (C=O) groups excluding carboxylic acids is 1. The van der Waals surface area contributed by atoms with Gasteiger partial charge in [0.05, 0.1) is 13.2 Å². The van der Waals surface area contributed by atoms with Crippen molar-refractivity contribution in [3.63, 3.8) is 0 Å². The Kier molecular flexibility index (Phi) is 6.83. The molecule has 24 heavy (non-hydrogen) atoms. The van der Waals surface area contributed by atoms with Crippen molar-refractivity contribution in [1.29, 1.82) is 0 Å². The first kappa shape index (κ1) is 17.5. The predicted octanol–water partition coefficient (Wildman–Crippen LogP) is 3.43. The second kappa shape index (κ2) is 9.35. The molecule has 0 aliphatic carbocycles. The lowest BCUT2D eigenvalue weighted by Gasteiger charge is -2.08. The number of amides is 1. The number of ether oxygens (including phenoxy) is 2. The molecule has 0 fully saturated rings. The molecular formula is C19H20FNO3. The van der Waals surface area contributed by atoms with Gasteiger partial charge in [-0.25, -0.2) is 4.39 Å². The van der Waals surface area contributed by atoms with Crippen LogP contribution in [0.2, 0.25) is 0 Å². The van der Waals surface area contributed by atoms with Crippen LogP contribution in [0, 0.1) is 5.82 Å². The standard InChI is InChI=1S/C19H20FNO3/c1-2-23-17-7-9-18(10-8-17)24-13-12-21-19(22)11-6-15-4-3-5-16(20)14-15/h3-11,14H,2,12-13H2,1H3,(H,21,22)/b11-6+. The molecule has 0 radical (unpaired) electrons. The summed E-state index contributed by atoms with van der Waals surface area (Å²) in [4.78, 5) is 11.7. The van der Waals surface area contributed by atoms with Gasteiger partial charge in [0.25, 0.3) is 0 Å². The van der Waals surface area contributed by atoms with Crippen molar-refractivity contribution in [2.45, 2.75) is 6.92 Å². The maximum Gasteiger partial charge on any atom is 0.244 e. The van der Waals surface area contributed by atoms with E-state index < -0.39 is 0 Å². The zero-order valence-electron chi connectivity index (χ0n) is 13.5. The molecular weight excluding hydrogens is 309 g/mol. The Balaban J connectivity index is 1.69. The van der Waals surface area contributed by atoms with E-state index in [2.05, 4.69) is 5.32 Å². The molecule has 4 nitrogen and oxygen atoms in total. The summed E-state index contributed by atoms with van der Waals surface area (Å²) in [6.45, 7) is 3.28. The van der Waals surface area contributed by atoms with Crippen LogP contribution >= 0.6 is 0 Å². The number of benzene rings is 2. The fourth-order valence-electron chi connectivity index (χ4n) is 1.98. The zero-order chi connectivity index (χ0) is 17.2. The lowest BCUT2D eigenvalue weighted by Crippen LogP contribution is -2.26. The summed E-state index contributed by atoms with van der Waals surface area (Å²) in [6, 6.07) is 13.3. The van der Waals surface area contributed by atoms with Crippen LogP contribution in [-0.2, 0) is 4.79 Å². The summed E-state index contributed by atoms with van der Waals surface area (Å²) in [5, 5.41) is 2.70. The van der Waals surface area contributed by atoms with Crippen LogP contribution in [0.4, 0.5) is 4.39 Å². The van der Waals surface area contributed by atoms with E-state index in [0.717, 1.165) is 5.75 Å². The van der Waals surface area contributed by atoms with Crippen LogP contribution in [0.3, 0.4) is 0 Å². The van der Waals surface area contributed by atoms with Crippen LogP contribution in [-0.4, -0.2) is 25.7 Å². The normalized spacial score (nSPS) is 10.6. The van der Waals surface area contributed by atoms with Gasteiger partial charge in [0.15, 0.2) is 0 Å². The molecule has 1 N–H and O–H groups in total. The molecule has 0 spiro atoms. The fraction of sp³-hybridized carbons (Fsp3) is 0.211. The minimum Gasteiger partial charge on any atom is -0.494 e. The summed E-state index contributed by atoms with van der Waals surface area (Å²) >= 11 is 0. The van der Waals surface area contributed by atoms with Gasteiger partial charge in [0, 0.05) is 6.08 Å². The molecule has 0 atom stereocenters. The smallest absolute Gasteiger partial charge is 0.244 e. The van der Waals surface area contributed by atoms with E-state index >= 15 is 0 Å². The summed E-state index contributed by atoms with van der Waals surface area (Å²) in [5.74, 6) is 0.916. The molecule has 0 aliphatic heterocycles. The van der Waals surface area contributed by atoms with Crippen molar-refractivity contribution in [2.24, 2.45) is 0 Å². The lowest BCUT2D eigenvalue weighted by molar-refractivity contribution is -0.116. The molecule has 0 unspecified atom stereocenters. The first-order chi connectivity index (χ1) is 11.7. The van der Waals surface area contributed by atoms with E-state index in [0.29, 0.717) is 31.1 Å². The number of hydrogen-bond acceptors (Lipinski definition) is 3. The van der Waals surface area contributed by atoms with Gasteiger partial charge in [0.2, 0.25) is 5.91 Å². The zero-order valence-corrected chi connectivity index (χ0v) is 13.5. The van der Waals surface area contributed by atoms with Crippen LogP contribution in [0.25, 0.3) is 6.08 Å². The highest BCUT2D eigenvalue weighted by molar-refractivity contribution is 5.91. The minimum atomic E-state index is -0.332. The van der Waals surface area contributed by atoms with Crippen LogP contribution in [0.1, 0.15) is 12.5 Å². The lowest BCUT2D eigenvalue weighted by atomic mass is 10.2. The van der Waals surface area contributed by atoms with Gasteiger partial charge in [0.1, 0.15) is 23.9 Å². The highest BCUT2D eigenvalue weighted by atomic mass is 19.1. The SMILES string of the molecule is CCOc1ccc(OCCNC(=O)/C=C/c2cccc(F)c2)cc1. The first-order valence-corrected chi connectivity index (χ1v) is 7.74. The molecule has 2 aromatic carbocycles. The van der Waals surface area contributed by atoms with E-state index in [1.165, 1.54) is 18.2 Å². The Labute approximate surface area is 140 Å². The topological polar surface area (TPSA) is 47.6 Å². The van der Waals surface area contributed by atoms with Gasteiger partial charge in [-0.1, -0.05) is 12.1 Å². The molecule has 2 rings (SSSR count). The number of halogens is 1. The third-order valence-electron chi connectivity index (χ3n) is 3.08. The molecule has 1 amide bonds. The molecule has 0 bridgehead atoms.